The van der Waals surface area contributed by atoms with Gasteiger partial charge < -0.3 is 19.9 Å². The summed E-state index contributed by atoms with van der Waals surface area (Å²) < 4.78 is 45.6. The smallest absolute Gasteiger partial charge is 0.480 e. The van der Waals surface area contributed by atoms with E-state index >= 15 is 0 Å². The number of hydrogen-bond donors (Lipinski definition) is 2. The van der Waals surface area contributed by atoms with E-state index in [1.807, 2.05) is 0 Å². The van der Waals surface area contributed by atoms with E-state index < -0.39 is 30.1 Å². The minimum absolute atomic E-state index is 0.0349. The summed E-state index contributed by atoms with van der Waals surface area (Å²) in [5.74, 6) is -1.52. The van der Waals surface area contributed by atoms with Crippen molar-refractivity contribution < 1.29 is 37.3 Å². The van der Waals surface area contributed by atoms with Gasteiger partial charge in [0.25, 0.3) is 0 Å². The number of halogens is 3. The van der Waals surface area contributed by atoms with Gasteiger partial charge in [-0.1, -0.05) is 36.4 Å². The number of alkyl halides is 3. The third kappa shape index (κ3) is 7.65. The highest BCUT2D eigenvalue weighted by Gasteiger charge is 2.31. The fraction of sp³-hybridized carbons (Fsp3) is 0.333. The summed E-state index contributed by atoms with van der Waals surface area (Å²) in [6.45, 7) is 5.01. The van der Waals surface area contributed by atoms with Crippen molar-refractivity contribution in [3.05, 3.63) is 54.1 Å². The van der Waals surface area contributed by atoms with Crippen molar-refractivity contribution in [1.82, 2.24) is 5.32 Å². The summed E-state index contributed by atoms with van der Waals surface area (Å²) in [6, 6.07) is 11.0. The molecule has 0 saturated carbocycles. The minimum atomic E-state index is -4.75. The number of nitrogens with one attached hydrogen (secondary N) is 1. The zero-order valence-electron chi connectivity index (χ0n) is 16.6. The second-order valence-electron chi connectivity index (χ2n) is 7.51. The number of ether oxygens (including phenoxy) is 2. The van der Waals surface area contributed by atoms with Gasteiger partial charge in [-0.3, -0.25) is 0 Å². The standard InChI is InChI=1S/C21H22F3NO5/c1-20(2,3)30-19(28)25-17(18(26)27)12-13-4-6-14(7-5-13)15-8-10-16(11-9-15)29-21(22,23)24/h4-11,17H,12H2,1-3H3,(H,25,28)(H,26,27). The quantitative estimate of drug-likeness (QED) is 0.696. The molecule has 2 aromatic carbocycles. The van der Waals surface area contributed by atoms with Crippen LogP contribution in [0.25, 0.3) is 11.1 Å². The second-order valence-corrected chi connectivity index (χ2v) is 7.51. The SMILES string of the molecule is CC(C)(C)OC(=O)NC(Cc1ccc(-c2ccc(OC(F)(F)F)cc2)cc1)C(=O)O. The Morgan fingerprint density at radius 3 is 1.90 bits per heavy atom. The summed E-state index contributed by atoms with van der Waals surface area (Å²) in [7, 11) is 0. The number of amides is 1. The maximum Gasteiger partial charge on any atom is 0.573 e. The Morgan fingerprint density at radius 2 is 1.47 bits per heavy atom. The molecule has 0 spiro atoms. The number of carboxylic acids is 1. The molecule has 0 aliphatic rings. The molecule has 1 amide bonds. The molecule has 30 heavy (non-hydrogen) atoms. The van der Waals surface area contributed by atoms with Gasteiger partial charge in [0, 0.05) is 6.42 Å². The average Bonchev–Trinajstić information content (AvgIpc) is 2.59. The average molecular weight is 425 g/mol. The van der Waals surface area contributed by atoms with E-state index in [0.717, 1.165) is 5.56 Å². The third-order valence-corrected chi connectivity index (χ3v) is 3.80. The van der Waals surface area contributed by atoms with Crippen molar-refractivity contribution in [3.63, 3.8) is 0 Å². The molecule has 0 fully saturated rings. The van der Waals surface area contributed by atoms with Crippen LogP contribution in [0.15, 0.2) is 48.5 Å². The van der Waals surface area contributed by atoms with Crippen LogP contribution in [0.3, 0.4) is 0 Å². The molecule has 0 saturated heterocycles. The van der Waals surface area contributed by atoms with Crippen LogP contribution in [0.5, 0.6) is 5.75 Å². The number of alkyl carbamates (subject to hydrolysis) is 1. The van der Waals surface area contributed by atoms with Gasteiger partial charge in [0.05, 0.1) is 0 Å². The molecule has 162 valence electrons. The van der Waals surface area contributed by atoms with Gasteiger partial charge in [0.2, 0.25) is 0 Å². The molecule has 2 N–H and O–H groups in total. The molecular formula is C21H22F3NO5. The molecule has 0 aromatic heterocycles. The van der Waals surface area contributed by atoms with E-state index in [9.17, 15) is 27.9 Å². The number of carbonyl (C=O) groups is 2. The summed E-state index contributed by atoms with van der Waals surface area (Å²) in [5.41, 5.74) is 1.29. The van der Waals surface area contributed by atoms with Crippen molar-refractivity contribution in [2.24, 2.45) is 0 Å². The van der Waals surface area contributed by atoms with Crippen LogP contribution in [0.4, 0.5) is 18.0 Å². The van der Waals surface area contributed by atoms with E-state index in [0.29, 0.717) is 11.1 Å². The van der Waals surface area contributed by atoms with E-state index in [2.05, 4.69) is 10.1 Å². The van der Waals surface area contributed by atoms with E-state index in [1.165, 1.54) is 24.3 Å². The lowest BCUT2D eigenvalue weighted by molar-refractivity contribution is -0.274. The second kappa shape index (κ2) is 9.06. The molecule has 6 nitrogen and oxygen atoms in total. The molecule has 0 heterocycles. The molecule has 1 unspecified atom stereocenters. The largest absolute Gasteiger partial charge is 0.573 e. The van der Waals surface area contributed by atoms with Crippen molar-refractivity contribution in [3.8, 4) is 16.9 Å². The lowest BCUT2D eigenvalue weighted by Crippen LogP contribution is -2.44. The van der Waals surface area contributed by atoms with Crippen molar-refractivity contribution in [2.45, 2.75) is 45.2 Å². The van der Waals surface area contributed by atoms with Crippen molar-refractivity contribution in [2.75, 3.05) is 0 Å². The number of hydrogen-bond acceptors (Lipinski definition) is 4. The lowest BCUT2D eigenvalue weighted by atomic mass is 10.0. The first-order valence-corrected chi connectivity index (χ1v) is 9.00. The van der Waals surface area contributed by atoms with Crippen molar-refractivity contribution >= 4 is 12.1 Å². The van der Waals surface area contributed by atoms with E-state index in [4.69, 9.17) is 4.74 Å². The molecule has 2 aromatic rings. The highest BCUT2D eigenvalue weighted by atomic mass is 19.4. The number of carboxylic acid groups (broad SMARTS) is 1. The maximum absolute atomic E-state index is 12.2. The molecule has 0 radical (unpaired) electrons. The maximum atomic E-state index is 12.2. The number of benzene rings is 2. The van der Waals surface area contributed by atoms with Crippen molar-refractivity contribution in [1.29, 1.82) is 0 Å². The molecular weight excluding hydrogens is 403 g/mol. The molecule has 0 aliphatic heterocycles. The van der Waals surface area contributed by atoms with Gasteiger partial charge in [-0.2, -0.15) is 0 Å². The Hall–Kier alpha value is -3.23. The van der Waals surface area contributed by atoms with Gasteiger partial charge in [0.1, 0.15) is 17.4 Å². The fourth-order valence-electron chi connectivity index (χ4n) is 2.57. The Bertz CT molecular complexity index is 872. The Balaban J connectivity index is 2.05. The third-order valence-electron chi connectivity index (χ3n) is 3.80. The monoisotopic (exact) mass is 425 g/mol. The summed E-state index contributed by atoms with van der Waals surface area (Å²) in [4.78, 5) is 23.3. The van der Waals surface area contributed by atoms with Crippen LogP contribution in [0.2, 0.25) is 0 Å². The zero-order valence-corrected chi connectivity index (χ0v) is 16.6. The highest BCUT2D eigenvalue weighted by molar-refractivity contribution is 5.80. The Labute approximate surface area is 171 Å². The first-order valence-electron chi connectivity index (χ1n) is 9.00. The van der Waals surface area contributed by atoms with Crippen LogP contribution in [0.1, 0.15) is 26.3 Å². The van der Waals surface area contributed by atoms with Crippen LogP contribution in [-0.4, -0.2) is 35.2 Å². The number of aliphatic carboxylic acids is 1. The van der Waals surface area contributed by atoms with Crippen LogP contribution < -0.4 is 10.1 Å². The molecule has 9 heteroatoms. The number of rotatable bonds is 6. The minimum Gasteiger partial charge on any atom is -0.480 e. The first kappa shape index (κ1) is 23.1. The highest BCUT2D eigenvalue weighted by Crippen LogP contribution is 2.26. The summed E-state index contributed by atoms with van der Waals surface area (Å²) in [6.07, 6.45) is -5.54. The van der Waals surface area contributed by atoms with Gasteiger partial charge >= 0.3 is 18.4 Å². The van der Waals surface area contributed by atoms with Gasteiger partial charge in [-0.25, -0.2) is 9.59 Å². The van der Waals surface area contributed by atoms with Gasteiger partial charge in [-0.15, -0.1) is 13.2 Å². The fourth-order valence-corrected chi connectivity index (χ4v) is 2.57. The van der Waals surface area contributed by atoms with Crippen LogP contribution in [0, 0.1) is 0 Å². The summed E-state index contributed by atoms with van der Waals surface area (Å²) in [5, 5.41) is 11.7. The summed E-state index contributed by atoms with van der Waals surface area (Å²) >= 11 is 0. The molecule has 1 atom stereocenters. The Kier molecular flexibility index (Phi) is 6.96. The zero-order chi connectivity index (χ0) is 22.5. The topological polar surface area (TPSA) is 84.9 Å². The van der Waals surface area contributed by atoms with Crippen LogP contribution in [-0.2, 0) is 16.0 Å². The molecule has 2 rings (SSSR count). The lowest BCUT2D eigenvalue weighted by Gasteiger charge is -2.22. The first-order chi connectivity index (χ1) is 13.8. The molecule has 0 aliphatic carbocycles. The van der Waals surface area contributed by atoms with Gasteiger partial charge in [0.15, 0.2) is 0 Å². The normalized spacial score (nSPS) is 12.7. The predicted molar refractivity (Wildman–Crippen MR) is 103 cm³/mol. The molecule has 0 bridgehead atoms. The van der Waals surface area contributed by atoms with Gasteiger partial charge in [-0.05, 0) is 49.6 Å². The Morgan fingerprint density at radius 1 is 0.967 bits per heavy atom. The van der Waals surface area contributed by atoms with E-state index in [-0.39, 0.29) is 12.2 Å². The van der Waals surface area contributed by atoms with E-state index in [1.54, 1.807) is 45.0 Å². The predicted octanol–water partition coefficient (Wildman–Crippen LogP) is 4.77. The number of carbonyl (C=O) groups excluding carboxylic acids is 1. The van der Waals surface area contributed by atoms with Crippen LogP contribution >= 0.6 is 0 Å².